The third kappa shape index (κ3) is 9.42. The number of carbonyl (C=O) groups excluding carboxylic acids is 2. The third-order valence-corrected chi connectivity index (χ3v) is 6.13. The van der Waals surface area contributed by atoms with Crippen LogP contribution in [0.15, 0.2) is 46.6 Å². The first kappa shape index (κ1) is 30.1. The Bertz CT molecular complexity index is 1020. The van der Waals surface area contributed by atoms with Crippen LogP contribution >= 0.6 is 0 Å². The van der Waals surface area contributed by atoms with Gasteiger partial charge in [-0.25, -0.2) is 10.9 Å². The zero-order valence-corrected chi connectivity index (χ0v) is 22.8. The quantitative estimate of drug-likeness (QED) is 0.159. The van der Waals surface area contributed by atoms with E-state index >= 15 is 0 Å². The first-order chi connectivity index (χ1) is 18.3. The Morgan fingerprint density at radius 3 is 1.39 bits per heavy atom. The number of rotatable bonds is 15. The highest BCUT2D eigenvalue weighted by Gasteiger charge is 2.08. The van der Waals surface area contributed by atoms with Crippen molar-refractivity contribution in [2.24, 2.45) is 10.2 Å². The molecule has 10 heteroatoms. The van der Waals surface area contributed by atoms with Crippen molar-refractivity contribution in [1.29, 1.82) is 0 Å². The van der Waals surface area contributed by atoms with E-state index in [4.69, 9.17) is 0 Å². The molecule has 2 rings (SSSR count). The molecule has 4 N–H and O–H groups in total. The summed E-state index contributed by atoms with van der Waals surface area (Å²) in [7, 11) is 0. The molecule has 2 aromatic rings. The lowest BCUT2D eigenvalue weighted by Gasteiger charge is -2.21. The molecule has 38 heavy (non-hydrogen) atoms. The summed E-state index contributed by atoms with van der Waals surface area (Å²) >= 11 is 0. The van der Waals surface area contributed by atoms with Gasteiger partial charge in [-0.3, -0.25) is 9.59 Å². The van der Waals surface area contributed by atoms with Crippen LogP contribution in [0.4, 0.5) is 11.4 Å². The average Bonchev–Trinajstić information content (AvgIpc) is 2.90. The van der Waals surface area contributed by atoms with E-state index in [-0.39, 0.29) is 36.2 Å². The maximum absolute atomic E-state index is 12.0. The molecule has 0 fully saturated rings. The summed E-state index contributed by atoms with van der Waals surface area (Å²) in [5, 5.41) is 28.3. The smallest absolute Gasteiger partial charge is 0.240 e. The minimum Gasteiger partial charge on any atom is -0.507 e. The van der Waals surface area contributed by atoms with Gasteiger partial charge in [-0.15, -0.1) is 0 Å². The number of amides is 2. The Hall–Kier alpha value is -4.08. The summed E-state index contributed by atoms with van der Waals surface area (Å²) in [6, 6.07) is 10.7. The van der Waals surface area contributed by atoms with Gasteiger partial charge in [0.05, 0.1) is 12.4 Å². The monoisotopic (exact) mass is 524 g/mol. The lowest BCUT2D eigenvalue weighted by atomic mass is 10.2. The Morgan fingerprint density at radius 2 is 1.08 bits per heavy atom. The summed E-state index contributed by atoms with van der Waals surface area (Å²) in [6.07, 6.45) is 4.26. The predicted molar refractivity (Wildman–Crippen MR) is 153 cm³/mol. The van der Waals surface area contributed by atoms with Gasteiger partial charge in [0.2, 0.25) is 11.8 Å². The molecule has 0 unspecified atom stereocenters. The largest absolute Gasteiger partial charge is 0.507 e. The molecule has 0 saturated heterocycles. The van der Waals surface area contributed by atoms with Gasteiger partial charge in [0.15, 0.2) is 0 Å². The molecule has 0 atom stereocenters. The molecular formula is C28H40N6O4. The van der Waals surface area contributed by atoms with Gasteiger partial charge >= 0.3 is 0 Å². The molecule has 2 amide bonds. The molecule has 10 nitrogen and oxygen atoms in total. The summed E-state index contributed by atoms with van der Waals surface area (Å²) in [5.41, 5.74) is 7.74. The van der Waals surface area contributed by atoms with E-state index in [0.29, 0.717) is 24.0 Å². The normalized spacial score (nSPS) is 11.2. The van der Waals surface area contributed by atoms with Crippen molar-refractivity contribution < 1.29 is 19.8 Å². The van der Waals surface area contributed by atoms with Gasteiger partial charge < -0.3 is 20.0 Å². The molecule has 0 heterocycles. The third-order valence-electron chi connectivity index (χ3n) is 6.13. The van der Waals surface area contributed by atoms with Crippen molar-refractivity contribution in [3.8, 4) is 11.5 Å². The molecule has 0 spiro atoms. The van der Waals surface area contributed by atoms with E-state index in [0.717, 1.165) is 37.6 Å². The van der Waals surface area contributed by atoms with E-state index < -0.39 is 0 Å². The van der Waals surface area contributed by atoms with Crippen molar-refractivity contribution in [2.45, 2.75) is 53.4 Å². The Kier molecular flexibility index (Phi) is 12.6. The van der Waals surface area contributed by atoms with E-state index in [1.807, 2.05) is 39.8 Å². The fraction of sp³-hybridized carbons (Fsp3) is 0.429. The van der Waals surface area contributed by atoms with Crippen molar-refractivity contribution in [3.05, 3.63) is 47.5 Å². The second-order valence-corrected chi connectivity index (χ2v) is 8.62. The zero-order valence-electron chi connectivity index (χ0n) is 22.8. The molecule has 0 aliphatic heterocycles. The first-order valence-electron chi connectivity index (χ1n) is 13.1. The maximum atomic E-state index is 12.0. The Balaban J connectivity index is 1.69. The van der Waals surface area contributed by atoms with Crippen LogP contribution in [0.1, 0.15) is 64.5 Å². The number of hydrogen-bond donors (Lipinski definition) is 4. The predicted octanol–water partition coefficient (Wildman–Crippen LogP) is 3.95. The number of nitrogens with zero attached hydrogens (tertiary/aromatic N) is 4. The van der Waals surface area contributed by atoms with Crippen LogP contribution in [0.3, 0.4) is 0 Å². The van der Waals surface area contributed by atoms with Gasteiger partial charge in [0, 0.05) is 73.7 Å². The van der Waals surface area contributed by atoms with Crippen molar-refractivity contribution in [1.82, 2.24) is 10.9 Å². The summed E-state index contributed by atoms with van der Waals surface area (Å²) in [4.78, 5) is 28.2. The maximum Gasteiger partial charge on any atom is 0.240 e. The number of hydrazone groups is 2. The fourth-order valence-corrected chi connectivity index (χ4v) is 3.88. The number of aromatic hydroxyl groups is 2. The number of phenolic OH excluding ortho intramolecular Hbond substituents is 2. The molecule has 0 radical (unpaired) electrons. The zero-order chi connectivity index (χ0) is 27.9. The lowest BCUT2D eigenvalue weighted by Crippen LogP contribution is -2.21. The van der Waals surface area contributed by atoms with Crippen LogP contribution in [-0.2, 0) is 9.59 Å². The molecule has 0 aliphatic rings. The van der Waals surface area contributed by atoms with E-state index in [2.05, 4.69) is 30.9 Å². The second-order valence-electron chi connectivity index (χ2n) is 8.62. The van der Waals surface area contributed by atoms with Crippen molar-refractivity contribution in [3.63, 3.8) is 0 Å². The number of nitrogens with one attached hydrogen (secondary N) is 2. The highest BCUT2D eigenvalue weighted by Crippen LogP contribution is 2.24. The number of hydrogen-bond acceptors (Lipinski definition) is 8. The minimum atomic E-state index is -0.275. The molecule has 0 saturated carbocycles. The van der Waals surface area contributed by atoms with Crippen LogP contribution in [0.5, 0.6) is 11.5 Å². The topological polar surface area (TPSA) is 130 Å². The standard InChI is InChI=1S/C28H40N6O4/c1-5-33(6-2)23-15-13-21(25(35)17-23)19-29-31-27(37)11-9-10-12-28(38)32-30-20-22-14-16-24(18-26(22)36)34(7-3)8-4/h13-20,35-36H,5-12H2,1-4H3,(H,31,37)(H,32,38)/b29-19+,30-20+. The SMILES string of the molecule is CCN(CC)c1ccc(/C=N/NC(=O)CCCCC(=O)N/N=C/c2ccc(N(CC)CC)cc2O)c(O)c1. The van der Waals surface area contributed by atoms with E-state index in [1.54, 1.807) is 24.3 Å². The van der Waals surface area contributed by atoms with Crippen LogP contribution < -0.4 is 20.7 Å². The molecule has 2 aromatic carbocycles. The van der Waals surface area contributed by atoms with Gasteiger partial charge in [0.25, 0.3) is 0 Å². The number of benzene rings is 2. The molecular weight excluding hydrogens is 484 g/mol. The average molecular weight is 525 g/mol. The highest BCUT2D eigenvalue weighted by atomic mass is 16.3. The number of carbonyl (C=O) groups is 2. The van der Waals surface area contributed by atoms with Crippen molar-refractivity contribution in [2.75, 3.05) is 36.0 Å². The van der Waals surface area contributed by atoms with Gasteiger partial charge in [-0.1, -0.05) is 0 Å². The Labute approximate surface area is 225 Å². The van der Waals surface area contributed by atoms with Crippen LogP contribution in [0, 0.1) is 0 Å². The second kappa shape index (κ2) is 15.9. The fourth-order valence-electron chi connectivity index (χ4n) is 3.88. The van der Waals surface area contributed by atoms with Gasteiger partial charge in [0.1, 0.15) is 11.5 Å². The summed E-state index contributed by atoms with van der Waals surface area (Å²) < 4.78 is 0. The first-order valence-corrected chi connectivity index (χ1v) is 13.1. The van der Waals surface area contributed by atoms with Crippen LogP contribution in [0.25, 0.3) is 0 Å². The van der Waals surface area contributed by atoms with Gasteiger partial charge in [-0.05, 0) is 64.8 Å². The molecule has 0 bridgehead atoms. The highest BCUT2D eigenvalue weighted by molar-refractivity contribution is 5.87. The minimum absolute atomic E-state index is 0.0907. The van der Waals surface area contributed by atoms with E-state index in [9.17, 15) is 19.8 Å². The van der Waals surface area contributed by atoms with Crippen molar-refractivity contribution >= 4 is 35.6 Å². The van der Waals surface area contributed by atoms with E-state index in [1.165, 1.54) is 12.4 Å². The lowest BCUT2D eigenvalue weighted by molar-refractivity contribution is -0.123. The Morgan fingerprint density at radius 1 is 0.711 bits per heavy atom. The van der Waals surface area contributed by atoms with Crippen LogP contribution in [0.2, 0.25) is 0 Å². The molecule has 206 valence electrons. The summed E-state index contributed by atoms with van der Waals surface area (Å²) in [6.45, 7) is 11.5. The number of anilines is 2. The molecule has 0 aliphatic carbocycles. The van der Waals surface area contributed by atoms with Gasteiger partial charge in [-0.2, -0.15) is 10.2 Å². The number of phenols is 2. The number of unbranched alkanes of at least 4 members (excludes halogenated alkanes) is 1. The summed E-state index contributed by atoms with van der Waals surface area (Å²) in [5.74, 6) is -0.369. The molecule has 0 aromatic heterocycles. The van der Waals surface area contributed by atoms with Crippen LogP contribution in [-0.4, -0.2) is 60.6 Å².